The molecule has 0 saturated heterocycles. The van der Waals surface area contributed by atoms with Gasteiger partial charge in [-0.2, -0.15) is 13.2 Å². The van der Waals surface area contributed by atoms with Crippen LogP contribution < -0.4 is 4.74 Å². The summed E-state index contributed by atoms with van der Waals surface area (Å²) in [5.41, 5.74) is -0.305. The Morgan fingerprint density at radius 2 is 1.97 bits per heavy atom. The molecule has 0 aliphatic carbocycles. The highest BCUT2D eigenvalue weighted by molar-refractivity contribution is 7.13. The molecule has 32 heavy (non-hydrogen) atoms. The molecule has 0 fully saturated rings. The lowest BCUT2D eigenvalue weighted by Crippen LogP contribution is -2.07. The summed E-state index contributed by atoms with van der Waals surface area (Å²) in [4.78, 5) is 7.54. The van der Waals surface area contributed by atoms with E-state index in [1.165, 1.54) is 33.7 Å². The maximum Gasteiger partial charge on any atom is 0.434 e. The van der Waals surface area contributed by atoms with E-state index in [4.69, 9.17) is 9.26 Å². The second-order valence-electron chi connectivity index (χ2n) is 6.53. The molecule has 164 valence electrons. The Balaban J connectivity index is 1.73. The number of nitrogens with zero attached hydrogens (tertiary/aromatic N) is 4. The lowest BCUT2D eigenvalue weighted by molar-refractivity contribution is -0.140. The SMILES string of the molecule is COc1ccccc1-c1nocc2[nH]cc(-n3cc(C(F)(F)F)nc3-c3cccs3)sn1-2. The molecule has 12 heteroatoms. The van der Waals surface area contributed by atoms with E-state index in [0.717, 1.165) is 6.20 Å². The average molecular weight is 477 g/mol. The predicted octanol–water partition coefficient (Wildman–Crippen LogP) is 6.03. The Hall–Kier alpha value is -3.51. The fraction of sp³-hybridized carbons (Fsp3) is 0.100. The molecule has 2 aliphatic heterocycles. The van der Waals surface area contributed by atoms with E-state index in [1.54, 1.807) is 40.8 Å². The molecule has 1 N–H and O–H groups in total. The quantitative estimate of drug-likeness (QED) is 0.343. The maximum absolute atomic E-state index is 13.4. The van der Waals surface area contributed by atoms with Gasteiger partial charge in [0.15, 0.2) is 29.4 Å². The van der Waals surface area contributed by atoms with Gasteiger partial charge in [-0.1, -0.05) is 23.4 Å². The van der Waals surface area contributed by atoms with Gasteiger partial charge in [0, 0.05) is 12.4 Å². The first-order valence-corrected chi connectivity index (χ1v) is 10.8. The van der Waals surface area contributed by atoms with Gasteiger partial charge in [-0.3, -0.25) is 4.57 Å². The van der Waals surface area contributed by atoms with Crippen LogP contribution in [0.5, 0.6) is 5.75 Å². The van der Waals surface area contributed by atoms with Crippen LogP contribution >= 0.6 is 22.9 Å². The summed E-state index contributed by atoms with van der Waals surface area (Å²) in [6.07, 6.45) is -0.571. The second-order valence-corrected chi connectivity index (χ2v) is 8.44. The Bertz CT molecular complexity index is 1370. The average Bonchev–Trinajstić information content (AvgIpc) is 3.48. The number of aromatic amines is 1. The van der Waals surface area contributed by atoms with E-state index >= 15 is 0 Å². The first-order valence-electron chi connectivity index (χ1n) is 9.18. The van der Waals surface area contributed by atoms with Crippen LogP contribution in [0.3, 0.4) is 0 Å². The van der Waals surface area contributed by atoms with Crippen molar-refractivity contribution in [2.45, 2.75) is 6.18 Å². The standard InChI is InChI=1S/C20H14F3N5O2S2/c1-29-13-6-3-2-5-12(13)18-26-30-11-16-24-9-17(32-28(16)18)27-10-15(20(21,22)23)25-19(27)14-7-4-8-31-14/h2-11,24H,1H3. The third-order valence-electron chi connectivity index (χ3n) is 4.57. The number of benzene rings is 1. The Morgan fingerprint density at radius 3 is 2.72 bits per heavy atom. The van der Waals surface area contributed by atoms with Gasteiger partial charge in [-0.25, -0.2) is 8.94 Å². The van der Waals surface area contributed by atoms with Crippen molar-refractivity contribution >= 4 is 22.9 Å². The molecule has 3 aromatic rings. The van der Waals surface area contributed by atoms with Crippen molar-refractivity contribution < 1.29 is 22.4 Å². The van der Waals surface area contributed by atoms with E-state index in [0.29, 0.717) is 32.8 Å². The maximum atomic E-state index is 13.4. The van der Waals surface area contributed by atoms with Gasteiger partial charge in [0.1, 0.15) is 10.8 Å². The van der Waals surface area contributed by atoms with Crippen LogP contribution in [0, 0.1) is 0 Å². The fourth-order valence-corrected chi connectivity index (χ4v) is 4.78. The monoisotopic (exact) mass is 477 g/mol. The van der Waals surface area contributed by atoms with Crippen LogP contribution in [0.4, 0.5) is 13.2 Å². The predicted molar refractivity (Wildman–Crippen MR) is 114 cm³/mol. The third kappa shape index (κ3) is 3.56. The van der Waals surface area contributed by atoms with Gasteiger partial charge in [-0.05, 0) is 35.1 Å². The molecule has 0 bridgehead atoms. The number of alkyl halides is 3. The van der Waals surface area contributed by atoms with Crippen molar-refractivity contribution in [2.75, 3.05) is 7.11 Å². The second kappa shape index (κ2) is 7.88. The molecular weight excluding hydrogens is 463 g/mol. The topological polar surface area (TPSA) is 73.8 Å². The summed E-state index contributed by atoms with van der Waals surface area (Å²) in [6.45, 7) is 0. The van der Waals surface area contributed by atoms with Crippen LogP contribution in [-0.2, 0) is 6.18 Å². The molecule has 0 atom stereocenters. The summed E-state index contributed by atoms with van der Waals surface area (Å²) in [5.74, 6) is 1.76. The number of imidazole rings is 1. The first kappa shape index (κ1) is 20.4. The van der Waals surface area contributed by atoms with Gasteiger partial charge < -0.3 is 14.2 Å². The zero-order valence-electron chi connectivity index (χ0n) is 16.3. The molecule has 7 nitrogen and oxygen atoms in total. The molecule has 0 radical (unpaired) electrons. The largest absolute Gasteiger partial charge is 0.496 e. The zero-order chi connectivity index (χ0) is 22.3. The molecule has 5 rings (SSSR count). The number of methoxy groups -OCH3 is 1. The number of aromatic nitrogens is 5. The summed E-state index contributed by atoms with van der Waals surface area (Å²) < 4.78 is 54.1. The highest BCUT2D eigenvalue weighted by Crippen LogP contribution is 2.36. The lowest BCUT2D eigenvalue weighted by atomic mass is 10.2. The third-order valence-corrected chi connectivity index (χ3v) is 6.49. The van der Waals surface area contributed by atoms with Crippen LogP contribution in [0.15, 0.2) is 65.0 Å². The minimum absolute atomic E-state index is 0.198. The number of hydrogen-bond donors (Lipinski definition) is 1. The molecule has 0 amide bonds. The Morgan fingerprint density at radius 1 is 1.12 bits per heavy atom. The summed E-state index contributed by atoms with van der Waals surface area (Å²) in [5, 5.41) is 6.39. The number of hydrogen-bond acceptors (Lipinski definition) is 6. The minimum atomic E-state index is -4.57. The lowest BCUT2D eigenvalue weighted by Gasteiger charge is -2.16. The van der Waals surface area contributed by atoms with Crippen molar-refractivity contribution in [3.8, 4) is 38.7 Å². The molecule has 0 unspecified atom stereocenters. The smallest absolute Gasteiger partial charge is 0.434 e. The van der Waals surface area contributed by atoms with E-state index in [9.17, 15) is 13.2 Å². The Kier molecular flexibility index (Phi) is 5.02. The fourth-order valence-electron chi connectivity index (χ4n) is 3.13. The summed E-state index contributed by atoms with van der Waals surface area (Å²) in [6, 6.07) is 10.8. The highest BCUT2D eigenvalue weighted by Gasteiger charge is 2.35. The van der Waals surface area contributed by atoms with E-state index in [-0.39, 0.29) is 5.82 Å². The summed E-state index contributed by atoms with van der Waals surface area (Å²) >= 11 is 2.49. The van der Waals surface area contributed by atoms with E-state index in [2.05, 4.69) is 15.1 Å². The van der Waals surface area contributed by atoms with Crippen LogP contribution in [0.2, 0.25) is 0 Å². The number of nitrogens with one attached hydrogen (secondary N) is 1. The number of ether oxygens (including phenoxy) is 1. The van der Waals surface area contributed by atoms with Crippen molar-refractivity contribution in [2.24, 2.45) is 0 Å². The van der Waals surface area contributed by atoms with Crippen molar-refractivity contribution in [1.29, 1.82) is 0 Å². The molecule has 4 heterocycles. The van der Waals surface area contributed by atoms with E-state index < -0.39 is 11.9 Å². The molecule has 0 saturated carbocycles. The number of halogens is 3. The first-order chi connectivity index (χ1) is 15.5. The highest BCUT2D eigenvalue weighted by atomic mass is 32.1. The number of thiophene rings is 1. The van der Waals surface area contributed by atoms with Crippen LogP contribution in [0.25, 0.3) is 32.9 Å². The molecular formula is C20H14F3N5O2S2. The van der Waals surface area contributed by atoms with Gasteiger partial charge in [0.05, 0.1) is 17.6 Å². The summed E-state index contributed by atoms with van der Waals surface area (Å²) in [7, 11) is 1.55. The van der Waals surface area contributed by atoms with Crippen LogP contribution in [-0.4, -0.2) is 30.8 Å². The van der Waals surface area contributed by atoms with Gasteiger partial charge >= 0.3 is 6.18 Å². The Labute approximate surface area is 187 Å². The van der Waals surface area contributed by atoms with Crippen molar-refractivity contribution in [3.63, 3.8) is 0 Å². The number of rotatable bonds is 4. The number of fused-ring (bicyclic) bond motifs is 1. The van der Waals surface area contributed by atoms with Gasteiger partial charge in [-0.15, -0.1) is 11.3 Å². The van der Waals surface area contributed by atoms with Gasteiger partial charge in [0.25, 0.3) is 0 Å². The number of H-pyrrole nitrogens is 1. The van der Waals surface area contributed by atoms with Crippen molar-refractivity contribution in [1.82, 2.24) is 23.6 Å². The molecule has 0 spiro atoms. The van der Waals surface area contributed by atoms with E-state index in [1.807, 2.05) is 18.2 Å². The van der Waals surface area contributed by atoms with Crippen LogP contribution in [0.1, 0.15) is 5.69 Å². The molecule has 2 aromatic heterocycles. The van der Waals surface area contributed by atoms with Gasteiger partial charge in [0.2, 0.25) is 0 Å². The molecule has 1 aromatic carbocycles. The normalized spacial score (nSPS) is 11.8. The number of para-hydroxylation sites is 1. The van der Waals surface area contributed by atoms with Crippen molar-refractivity contribution in [3.05, 3.63) is 66.1 Å². The minimum Gasteiger partial charge on any atom is -0.496 e. The molecule has 2 aliphatic rings. The zero-order valence-corrected chi connectivity index (χ0v) is 18.0.